The van der Waals surface area contributed by atoms with Crippen molar-refractivity contribution in [3.63, 3.8) is 0 Å². The summed E-state index contributed by atoms with van der Waals surface area (Å²) in [6.07, 6.45) is -2.48. The summed E-state index contributed by atoms with van der Waals surface area (Å²) < 4.78 is 5.46. The van der Waals surface area contributed by atoms with Crippen LogP contribution in [0.4, 0.5) is 4.79 Å². The molecule has 4 rings (SSSR count). The number of rotatable bonds is 8. The predicted molar refractivity (Wildman–Crippen MR) is 119 cm³/mol. The fraction of sp³-hybridized carbons (Fsp3) is 0.292. The summed E-state index contributed by atoms with van der Waals surface area (Å²) in [6.45, 7) is 0.298. The van der Waals surface area contributed by atoms with Gasteiger partial charge in [0.25, 0.3) is 0 Å². The summed E-state index contributed by atoms with van der Waals surface area (Å²) >= 11 is 1.32. The molecule has 31 heavy (non-hydrogen) atoms. The number of carbonyl (C=O) groups is 1. The molecule has 2 atom stereocenters. The molecular formula is C24H25NO5S. The van der Waals surface area contributed by atoms with Crippen LogP contribution in [0.25, 0.3) is 11.1 Å². The quantitative estimate of drug-likeness (QED) is 0.430. The van der Waals surface area contributed by atoms with E-state index in [4.69, 9.17) is 9.84 Å². The summed E-state index contributed by atoms with van der Waals surface area (Å²) in [7, 11) is 0. The van der Waals surface area contributed by atoms with Gasteiger partial charge in [0, 0.05) is 17.3 Å². The van der Waals surface area contributed by atoms with Gasteiger partial charge in [-0.1, -0.05) is 48.5 Å². The monoisotopic (exact) mass is 439 g/mol. The van der Waals surface area contributed by atoms with E-state index in [9.17, 15) is 15.0 Å². The van der Waals surface area contributed by atoms with E-state index in [1.165, 1.54) is 22.5 Å². The van der Waals surface area contributed by atoms with Crippen LogP contribution in [0.15, 0.2) is 60.0 Å². The Hall–Kier alpha value is -2.71. The number of fused-ring (bicyclic) bond motifs is 3. The molecule has 0 saturated carbocycles. The molecule has 1 heterocycles. The zero-order chi connectivity index (χ0) is 21.8. The van der Waals surface area contributed by atoms with Crippen molar-refractivity contribution >= 4 is 17.4 Å². The summed E-state index contributed by atoms with van der Waals surface area (Å²) in [5.74, 6) is -0.00938. The van der Waals surface area contributed by atoms with Crippen LogP contribution < -0.4 is 5.32 Å². The van der Waals surface area contributed by atoms with Crippen molar-refractivity contribution in [2.24, 2.45) is 0 Å². The van der Waals surface area contributed by atoms with Crippen LogP contribution in [0.3, 0.4) is 0 Å². The second-order valence-electron chi connectivity index (χ2n) is 7.56. The Morgan fingerprint density at radius 2 is 1.71 bits per heavy atom. The fourth-order valence-corrected chi connectivity index (χ4v) is 4.76. The van der Waals surface area contributed by atoms with E-state index < -0.39 is 18.3 Å². The average Bonchev–Trinajstić information content (AvgIpc) is 3.40. The second kappa shape index (κ2) is 9.62. The van der Waals surface area contributed by atoms with Gasteiger partial charge in [-0.05, 0) is 45.7 Å². The van der Waals surface area contributed by atoms with Crippen molar-refractivity contribution in [3.05, 3.63) is 81.5 Å². The SMILES string of the molecule is O=C(NCCC(O)C(O)c1csc(CO)c1)OCC1c2ccccc2-c2ccccc21. The number of ether oxygens (including phenoxy) is 1. The van der Waals surface area contributed by atoms with Gasteiger partial charge in [-0.25, -0.2) is 4.79 Å². The Kier molecular flexibility index (Phi) is 6.67. The summed E-state index contributed by atoms with van der Waals surface area (Å²) in [5.41, 5.74) is 5.19. The lowest BCUT2D eigenvalue weighted by Gasteiger charge is -2.18. The van der Waals surface area contributed by atoms with Crippen molar-refractivity contribution in [1.29, 1.82) is 0 Å². The molecule has 0 saturated heterocycles. The molecule has 1 aliphatic carbocycles. The Labute approximate surface area is 184 Å². The van der Waals surface area contributed by atoms with E-state index in [0.29, 0.717) is 5.56 Å². The number of alkyl carbamates (subject to hydrolysis) is 1. The first-order chi connectivity index (χ1) is 15.1. The van der Waals surface area contributed by atoms with Gasteiger partial charge in [-0.3, -0.25) is 0 Å². The number of nitrogens with one attached hydrogen (secondary N) is 1. The van der Waals surface area contributed by atoms with E-state index >= 15 is 0 Å². The van der Waals surface area contributed by atoms with E-state index in [2.05, 4.69) is 29.6 Å². The van der Waals surface area contributed by atoms with Crippen LogP contribution in [-0.4, -0.2) is 40.7 Å². The van der Waals surface area contributed by atoms with Crippen molar-refractivity contribution in [1.82, 2.24) is 5.32 Å². The number of aliphatic hydroxyl groups excluding tert-OH is 3. The first-order valence-electron chi connectivity index (χ1n) is 10.2. The third-order valence-electron chi connectivity index (χ3n) is 5.59. The molecule has 2 unspecified atom stereocenters. The molecule has 0 aliphatic heterocycles. The number of hydrogen-bond acceptors (Lipinski definition) is 6. The summed E-state index contributed by atoms with van der Waals surface area (Å²) in [6, 6.07) is 17.9. The number of carbonyl (C=O) groups excluding carboxylic acids is 1. The predicted octanol–water partition coefficient (Wildman–Crippen LogP) is 3.56. The van der Waals surface area contributed by atoms with Crippen molar-refractivity contribution in [3.8, 4) is 11.1 Å². The van der Waals surface area contributed by atoms with Gasteiger partial charge >= 0.3 is 6.09 Å². The standard InChI is InChI=1S/C24H25NO5S/c26-12-16-11-15(14-31-16)23(28)22(27)9-10-25-24(29)30-13-21-19-7-3-1-5-17(19)18-6-2-4-8-20(18)21/h1-8,11,14,21-23,26-28H,9-10,12-13H2,(H,25,29). The number of aliphatic hydroxyl groups is 3. The van der Waals surface area contributed by atoms with Crippen molar-refractivity contribution < 1.29 is 24.9 Å². The van der Waals surface area contributed by atoms with Gasteiger partial charge in [0.15, 0.2) is 0 Å². The smallest absolute Gasteiger partial charge is 0.407 e. The fourth-order valence-electron chi connectivity index (χ4n) is 3.99. The zero-order valence-corrected chi connectivity index (χ0v) is 17.7. The van der Waals surface area contributed by atoms with Crippen LogP contribution in [0, 0.1) is 0 Å². The lowest BCUT2D eigenvalue weighted by molar-refractivity contribution is 0.0138. The lowest BCUT2D eigenvalue weighted by atomic mass is 9.98. The molecule has 2 aromatic carbocycles. The highest BCUT2D eigenvalue weighted by molar-refractivity contribution is 7.10. The van der Waals surface area contributed by atoms with Gasteiger partial charge in [0.05, 0.1) is 12.7 Å². The molecular weight excluding hydrogens is 414 g/mol. The average molecular weight is 440 g/mol. The van der Waals surface area contributed by atoms with Crippen LogP contribution in [-0.2, 0) is 11.3 Å². The Morgan fingerprint density at radius 3 is 2.32 bits per heavy atom. The van der Waals surface area contributed by atoms with Crippen LogP contribution >= 0.6 is 11.3 Å². The first-order valence-corrected chi connectivity index (χ1v) is 11.1. The Morgan fingerprint density at radius 1 is 1.06 bits per heavy atom. The molecule has 1 amide bonds. The third kappa shape index (κ3) is 4.65. The zero-order valence-electron chi connectivity index (χ0n) is 16.9. The van der Waals surface area contributed by atoms with Gasteiger partial charge in [-0.15, -0.1) is 11.3 Å². The maximum absolute atomic E-state index is 12.2. The van der Waals surface area contributed by atoms with E-state index in [-0.39, 0.29) is 32.1 Å². The molecule has 1 aromatic heterocycles. The van der Waals surface area contributed by atoms with Crippen molar-refractivity contribution in [2.45, 2.75) is 31.2 Å². The normalized spacial score (nSPS) is 14.5. The third-order valence-corrected chi connectivity index (χ3v) is 6.53. The van der Waals surface area contributed by atoms with Gasteiger partial charge in [0.2, 0.25) is 0 Å². The van der Waals surface area contributed by atoms with Gasteiger partial charge in [0.1, 0.15) is 12.7 Å². The Bertz CT molecular complexity index is 1000. The number of hydrogen-bond donors (Lipinski definition) is 4. The Balaban J connectivity index is 1.27. The highest BCUT2D eigenvalue weighted by atomic mass is 32.1. The maximum atomic E-state index is 12.2. The summed E-state index contributed by atoms with van der Waals surface area (Å²) in [4.78, 5) is 12.9. The summed E-state index contributed by atoms with van der Waals surface area (Å²) in [5, 5.41) is 33.9. The molecule has 1 aliphatic rings. The van der Waals surface area contributed by atoms with Crippen LogP contribution in [0.2, 0.25) is 0 Å². The first kappa shape index (κ1) is 21.5. The van der Waals surface area contributed by atoms with E-state index in [1.54, 1.807) is 11.4 Å². The van der Waals surface area contributed by atoms with E-state index in [1.807, 2.05) is 24.3 Å². The molecule has 0 radical (unpaired) electrons. The molecule has 162 valence electrons. The second-order valence-corrected chi connectivity index (χ2v) is 8.55. The minimum atomic E-state index is -1.07. The van der Waals surface area contributed by atoms with Crippen molar-refractivity contribution in [2.75, 3.05) is 13.2 Å². The molecule has 4 N–H and O–H groups in total. The minimum absolute atomic E-state index is 0.00938. The van der Waals surface area contributed by atoms with E-state index in [0.717, 1.165) is 16.0 Å². The maximum Gasteiger partial charge on any atom is 0.407 e. The van der Waals surface area contributed by atoms with Crippen LogP contribution in [0.1, 0.15) is 40.0 Å². The van der Waals surface area contributed by atoms with Crippen LogP contribution in [0.5, 0.6) is 0 Å². The highest BCUT2D eigenvalue weighted by Gasteiger charge is 2.29. The molecule has 7 heteroatoms. The minimum Gasteiger partial charge on any atom is -0.449 e. The highest BCUT2D eigenvalue weighted by Crippen LogP contribution is 2.44. The topological polar surface area (TPSA) is 99.0 Å². The lowest BCUT2D eigenvalue weighted by Crippen LogP contribution is -2.30. The molecule has 6 nitrogen and oxygen atoms in total. The molecule has 3 aromatic rings. The number of amides is 1. The van der Waals surface area contributed by atoms with Gasteiger partial charge < -0.3 is 25.4 Å². The number of thiophene rings is 1. The van der Waals surface area contributed by atoms with Gasteiger partial charge in [-0.2, -0.15) is 0 Å². The molecule has 0 spiro atoms. The molecule has 0 fully saturated rings. The largest absolute Gasteiger partial charge is 0.449 e. The molecule has 0 bridgehead atoms. The number of benzene rings is 2.